The van der Waals surface area contributed by atoms with Crippen molar-refractivity contribution in [3.8, 4) is 0 Å². The van der Waals surface area contributed by atoms with E-state index >= 15 is 0 Å². The summed E-state index contributed by atoms with van der Waals surface area (Å²) >= 11 is 0. The molecule has 0 spiro atoms. The van der Waals surface area contributed by atoms with E-state index in [1.807, 2.05) is 0 Å². The van der Waals surface area contributed by atoms with Crippen LogP contribution < -0.4 is 0 Å². The van der Waals surface area contributed by atoms with E-state index in [1.54, 1.807) is 6.92 Å². The molecule has 168 valence electrons. The average Bonchev–Trinajstić information content (AvgIpc) is 2.97. The molecular weight excluding hydrogens is 397 g/mol. The van der Waals surface area contributed by atoms with Crippen molar-refractivity contribution in [2.24, 2.45) is 40.4 Å². The molecule has 0 aromatic rings. The van der Waals surface area contributed by atoms with Crippen molar-refractivity contribution in [1.82, 2.24) is 0 Å². The molecule has 4 aliphatic rings. The van der Waals surface area contributed by atoms with Gasteiger partial charge in [-0.1, -0.05) is 13.8 Å². The van der Waals surface area contributed by atoms with Gasteiger partial charge in [-0.25, -0.2) is 4.79 Å². The molecule has 0 unspecified atom stereocenters. The Hall–Kier alpha value is -1.40. The van der Waals surface area contributed by atoms with Gasteiger partial charge in [0.15, 0.2) is 0 Å². The molecule has 0 heterocycles. The lowest BCUT2D eigenvalue weighted by Gasteiger charge is -2.59. The number of halogens is 3. The molecule has 4 aliphatic carbocycles. The van der Waals surface area contributed by atoms with Gasteiger partial charge in [0, 0.05) is 18.3 Å². The van der Waals surface area contributed by atoms with Crippen molar-refractivity contribution < 1.29 is 32.3 Å². The summed E-state index contributed by atoms with van der Waals surface area (Å²) in [4.78, 5) is 36.9. The summed E-state index contributed by atoms with van der Waals surface area (Å²) in [6.45, 7) is 5.87. The van der Waals surface area contributed by atoms with Gasteiger partial charge in [0.1, 0.15) is 17.7 Å². The van der Waals surface area contributed by atoms with Crippen LogP contribution in [0.5, 0.6) is 0 Å². The number of carbonyl (C=O) groups excluding carboxylic acids is 3. The van der Waals surface area contributed by atoms with E-state index in [2.05, 4.69) is 13.8 Å². The van der Waals surface area contributed by atoms with Crippen molar-refractivity contribution in [3.63, 3.8) is 0 Å². The third-order valence-corrected chi connectivity index (χ3v) is 9.30. The van der Waals surface area contributed by atoms with Crippen LogP contribution in [0.3, 0.4) is 0 Å². The molecule has 4 rings (SSSR count). The van der Waals surface area contributed by atoms with E-state index < -0.39 is 18.2 Å². The number of alkyl halides is 3. The van der Waals surface area contributed by atoms with Gasteiger partial charge >= 0.3 is 12.1 Å². The molecule has 4 saturated carbocycles. The van der Waals surface area contributed by atoms with Crippen molar-refractivity contribution in [2.45, 2.75) is 84.4 Å². The fourth-order valence-corrected chi connectivity index (χ4v) is 8.03. The van der Waals surface area contributed by atoms with Gasteiger partial charge in [0.2, 0.25) is 0 Å². The predicted molar refractivity (Wildman–Crippen MR) is 102 cm³/mol. The van der Waals surface area contributed by atoms with Crippen LogP contribution in [0.15, 0.2) is 0 Å². The molecule has 4 nitrogen and oxygen atoms in total. The molecule has 8 atom stereocenters. The Labute approximate surface area is 175 Å². The van der Waals surface area contributed by atoms with Crippen LogP contribution in [0.4, 0.5) is 13.2 Å². The van der Waals surface area contributed by atoms with E-state index in [0.717, 1.165) is 25.7 Å². The number of hydrogen-bond donors (Lipinski definition) is 0. The first-order valence-electron chi connectivity index (χ1n) is 11.2. The summed E-state index contributed by atoms with van der Waals surface area (Å²) in [5, 5.41) is 0. The van der Waals surface area contributed by atoms with Gasteiger partial charge in [0.25, 0.3) is 0 Å². The lowest BCUT2D eigenvalue weighted by molar-refractivity contribution is -0.210. The van der Waals surface area contributed by atoms with Gasteiger partial charge < -0.3 is 4.74 Å². The molecule has 0 amide bonds. The number of ether oxygens (including phenoxy) is 1. The Bertz CT molecular complexity index is 762. The second-order valence-electron chi connectivity index (χ2n) is 10.7. The summed E-state index contributed by atoms with van der Waals surface area (Å²) < 4.78 is 42.5. The van der Waals surface area contributed by atoms with Gasteiger partial charge in [-0.2, -0.15) is 13.2 Å². The number of Topliss-reactive ketones (excluding diaryl/α,β-unsaturated/α-hetero) is 2. The minimum Gasteiger partial charge on any atom is -0.456 e. The van der Waals surface area contributed by atoms with Crippen molar-refractivity contribution in [3.05, 3.63) is 0 Å². The van der Waals surface area contributed by atoms with Crippen molar-refractivity contribution >= 4 is 17.5 Å². The maximum absolute atomic E-state index is 13.4. The zero-order chi connectivity index (χ0) is 22.1. The topological polar surface area (TPSA) is 60.4 Å². The number of esters is 1. The van der Waals surface area contributed by atoms with Crippen molar-refractivity contribution in [1.29, 1.82) is 0 Å². The standard InChI is InChI=1S/C23H31F3O4/c1-12(27)16-6-7-17-15-5-4-13-10-14(30-20(29)23(24,25)26)8-9-21(13,2)19(15)18(28)11-22(16,17)3/h13-17,19H,4-11H2,1-3H3/t13-,14+,15-,16+,17-,19+,21-,22+/m0/s1. The lowest BCUT2D eigenvalue weighted by Crippen LogP contribution is -2.58. The molecule has 0 saturated heterocycles. The summed E-state index contributed by atoms with van der Waals surface area (Å²) in [5.41, 5.74) is -0.524. The van der Waals surface area contributed by atoms with Gasteiger partial charge in [-0.15, -0.1) is 0 Å². The first-order valence-corrected chi connectivity index (χ1v) is 11.2. The number of ketones is 2. The number of hydrogen-bond acceptors (Lipinski definition) is 4. The molecule has 0 bridgehead atoms. The third-order valence-electron chi connectivity index (χ3n) is 9.30. The zero-order valence-corrected chi connectivity index (χ0v) is 17.9. The summed E-state index contributed by atoms with van der Waals surface area (Å²) in [5.74, 6) is -1.17. The van der Waals surface area contributed by atoms with Crippen LogP contribution in [0.2, 0.25) is 0 Å². The van der Waals surface area contributed by atoms with E-state index in [9.17, 15) is 27.6 Å². The van der Waals surface area contributed by atoms with E-state index in [0.29, 0.717) is 31.6 Å². The fourth-order valence-electron chi connectivity index (χ4n) is 8.03. The number of rotatable bonds is 2. The molecule has 0 aromatic heterocycles. The fraction of sp³-hybridized carbons (Fsp3) is 0.870. The van der Waals surface area contributed by atoms with Gasteiger partial charge in [-0.05, 0) is 80.5 Å². The molecular formula is C23H31F3O4. The Balaban J connectivity index is 1.53. The highest BCUT2D eigenvalue weighted by atomic mass is 19.4. The van der Waals surface area contributed by atoms with E-state index in [4.69, 9.17) is 4.74 Å². The monoisotopic (exact) mass is 428 g/mol. The highest BCUT2D eigenvalue weighted by Crippen LogP contribution is 2.66. The predicted octanol–water partition coefficient (Wildman–Crippen LogP) is 4.89. The smallest absolute Gasteiger partial charge is 0.456 e. The maximum Gasteiger partial charge on any atom is 0.490 e. The Kier molecular flexibility index (Phi) is 5.13. The quantitative estimate of drug-likeness (QED) is 0.588. The van der Waals surface area contributed by atoms with Gasteiger partial charge in [-0.3, -0.25) is 9.59 Å². The van der Waals surface area contributed by atoms with Crippen LogP contribution in [0.1, 0.15) is 72.1 Å². The molecule has 7 heteroatoms. The zero-order valence-electron chi connectivity index (χ0n) is 17.9. The van der Waals surface area contributed by atoms with Gasteiger partial charge in [0.05, 0.1) is 0 Å². The minimum absolute atomic E-state index is 0.0459. The highest BCUT2D eigenvalue weighted by Gasteiger charge is 2.64. The third kappa shape index (κ3) is 3.22. The first-order chi connectivity index (χ1) is 13.9. The number of carbonyl (C=O) groups is 3. The van der Waals surface area contributed by atoms with Crippen LogP contribution in [0.25, 0.3) is 0 Å². The maximum atomic E-state index is 13.4. The number of fused-ring (bicyclic) bond motifs is 5. The summed E-state index contributed by atoms with van der Waals surface area (Å²) in [6, 6.07) is 0. The summed E-state index contributed by atoms with van der Waals surface area (Å²) in [6.07, 6.45) is -0.397. The molecule has 0 N–H and O–H groups in total. The van der Waals surface area contributed by atoms with Crippen LogP contribution in [0, 0.1) is 40.4 Å². The first kappa shape index (κ1) is 21.8. The highest BCUT2D eigenvalue weighted by molar-refractivity contribution is 5.87. The second kappa shape index (κ2) is 7.06. The Morgan fingerprint density at radius 3 is 2.37 bits per heavy atom. The Morgan fingerprint density at radius 2 is 1.73 bits per heavy atom. The molecule has 30 heavy (non-hydrogen) atoms. The lowest BCUT2D eigenvalue weighted by atomic mass is 9.44. The normalized spacial score (nSPS) is 45.9. The van der Waals surface area contributed by atoms with Crippen LogP contribution in [-0.2, 0) is 19.1 Å². The molecule has 0 aliphatic heterocycles. The average molecular weight is 428 g/mol. The molecule has 0 radical (unpaired) electrons. The van der Waals surface area contributed by atoms with Crippen molar-refractivity contribution in [2.75, 3.05) is 0 Å². The van der Waals surface area contributed by atoms with E-state index in [1.165, 1.54) is 0 Å². The SMILES string of the molecule is CC(=O)[C@H]1CC[C@H]2[C@@H]3CC[C@H]4C[C@H](OC(=O)C(F)(F)F)CC[C@]4(C)[C@H]3C(=O)C[C@]12C. The minimum atomic E-state index is -4.97. The van der Waals surface area contributed by atoms with E-state index in [-0.39, 0.29) is 46.1 Å². The Morgan fingerprint density at radius 1 is 1.03 bits per heavy atom. The van der Waals surface area contributed by atoms with Crippen LogP contribution in [-0.4, -0.2) is 29.8 Å². The molecule has 0 aromatic carbocycles. The molecule has 4 fully saturated rings. The van der Waals surface area contributed by atoms with Crippen LogP contribution >= 0.6 is 0 Å². The second-order valence-corrected chi connectivity index (χ2v) is 10.7. The largest absolute Gasteiger partial charge is 0.490 e. The summed E-state index contributed by atoms with van der Waals surface area (Å²) in [7, 11) is 0.